The number of carbonyl (C=O) groups excluding carboxylic acids is 2. The standard InChI is InChI=1S/C19H19IO7S/c1-11(2)15-9-16(12(3)8-17(15)28(23,24)25)27-18(21)10-26-19(22)13-4-6-14(20)7-5-13/h4-9,11H,10H2,1-3H3,(H,23,24,25). The summed E-state index contributed by atoms with van der Waals surface area (Å²) in [6.45, 7) is 4.43. The molecule has 150 valence electrons. The molecule has 0 unspecified atom stereocenters. The van der Waals surface area contributed by atoms with Gasteiger partial charge in [-0.15, -0.1) is 0 Å². The molecule has 0 aromatic heterocycles. The van der Waals surface area contributed by atoms with E-state index in [0.717, 1.165) is 3.57 Å². The summed E-state index contributed by atoms with van der Waals surface area (Å²) in [5, 5.41) is 0. The van der Waals surface area contributed by atoms with Gasteiger partial charge in [0.15, 0.2) is 6.61 Å². The van der Waals surface area contributed by atoms with Gasteiger partial charge in [-0.25, -0.2) is 9.59 Å². The van der Waals surface area contributed by atoms with Crippen molar-refractivity contribution in [3.8, 4) is 5.75 Å². The van der Waals surface area contributed by atoms with E-state index >= 15 is 0 Å². The van der Waals surface area contributed by atoms with Gasteiger partial charge in [-0.3, -0.25) is 4.55 Å². The van der Waals surface area contributed by atoms with E-state index in [1.807, 2.05) is 0 Å². The van der Waals surface area contributed by atoms with Crippen molar-refractivity contribution in [1.29, 1.82) is 0 Å². The molecule has 7 nitrogen and oxygen atoms in total. The maximum absolute atomic E-state index is 12.0. The predicted octanol–water partition coefficient (Wildman–Crippen LogP) is 3.73. The molecule has 0 bridgehead atoms. The zero-order chi connectivity index (χ0) is 21.1. The summed E-state index contributed by atoms with van der Waals surface area (Å²) in [4.78, 5) is 23.8. The van der Waals surface area contributed by atoms with Crippen molar-refractivity contribution in [3.63, 3.8) is 0 Å². The molecule has 0 spiro atoms. The lowest BCUT2D eigenvalue weighted by atomic mass is 10.0. The van der Waals surface area contributed by atoms with Crippen LogP contribution < -0.4 is 4.74 Å². The Balaban J connectivity index is 2.12. The largest absolute Gasteiger partial charge is 0.450 e. The van der Waals surface area contributed by atoms with Crippen LogP contribution in [-0.2, 0) is 19.6 Å². The van der Waals surface area contributed by atoms with Gasteiger partial charge in [-0.05, 0) is 83.0 Å². The average molecular weight is 518 g/mol. The normalized spacial score (nSPS) is 11.4. The number of aryl methyl sites for hydroxylation is 1. The van der Waals surface area contributed by atoms with Gasteiger partial charge < -0.3 is 9.47 Å². The predicted molar refractivity (Wildman–Crippen MR) is 110 cm³/mol. The zero-order valence-corrected chi connectivity index (χ0v) is 18.4. The van der Waals surface area contributed by atoms with Crippen LogP contribution in [0.3, 0.4) is 0 Å². The molecule has 0 amide bonds. The Hall–Kier alpha value is -1.98. The fourth-order valence-corrected chi connectivity index (χ4v) is 3.69. The molecule has 0 saturated carbocycles. The summed E-state index contributed by atoms with van der Waals surface area (Å²) in [6.07, 6.45) is 0. The number of halogens is 1. The quantitative estimate of drug-likeness (QED) is 0.269. The molecule has 0 heterocycles. The van der Waals surface area contributed by atoms with Crippen molar-refractivity contribution < 1.29 is 32.0 Å². The van der Waals surface area contributed by atoms with Crippen molar-refractivity contribution in [2.45, 2.75) is 31.6 Å². The first-order chi connectivity index (χ1) is 13.0. The molecule has 28 heavy (non-hydrogen) atoms. The molecule has 2 rings (SSSR count). The van der Waals surface area contributed by atoms with E-state index in [9.17, 15) is 22.6 Å². The summed E-state index contributed by atoms with van der Waals surface area (Å²) in [6, 6.07) is 9.28. The molecule has 0 atom stereocenters. The maximum atomic E-state index is 12.0. The fourth-order valence-electron chi connectivity index (χ4n) is 2.41. The van der Waals surface area contributed by atoms with Crippen LogP contribution in [-0.4, -0.2) is 31.5 Å². The first kappa shape index (κ1) is 22.3. The summed E-state index contributed by atoms with van der Waals surface area (Å²) in [5.74, 6) is -1.58. The van der Waals surface area contributed by atoms with Crippen molar-refractivity contribution in [2.75, 3.05) is 6.61 Å². The third-order valence-electron chi connectivity index (χ3n) is 3.83. The summed E-state index contributed by atoms with van der Waals surface area (Å²) >= 11 is 2.10. The lowest BCUT2D eigenvalue weighted by Crippen LogP contribution is -2.19. The van der Waals surface area contributed by atoms with E-state index in [1.54, 1.807) is 45.0 Å². The van der Waals surface area contributed by atoms with Crippen molar-refractivity contribution in [2.24, 2.45) is 0 Å². The van der Waals surface area contributed by atoms with E-state index in [-0.39, 0.29) is 16.6 Å². The number of hydrogen-bond acceptors (Lipinski definition) is 6. The highest BCUT2D eigenvalue weighted by atomic mass is 127. The minimum atomic E-state index is -4.41. The lowest BCUT2D eigenvalue weighted by Gasteiger charge is -2.15. The highest BCUT2D eigenvalue weighted by Crippen LogP contribution is 2.31. The topological polar surface area (TPSA) is 107 Å². The molecule has 0 aliphatic carbocycles. The van der Waals surface area contributed by atoms with Gasteiger partial charge in [0.25, 0.3) is 10.1 Å². The molecule has 9 heteroatoms. The highest BCUT2D eigenvalue weighted by Gasteiger charge is 2.21. The SMILES string of the molecule is Cc1cc(S(=O)(=O)O)c(C(C)C)cc1OC(=O)COC(=O)c1ccc(I)cc1. The third kappa shape index (κ3) is 5.76. The van der Waals surface area contributed by atoms with E-state index in [0.29, 0.717) is 16.7 Å². The van der Waals surface area contributed by atoms with Crippen LogP contribution in [0.25, 0.3) is 0 Å². The van der Waals surface area contributed by atoms with Crippen molar-refractivity contribution in [3.05, 3.63) is 56.7 Å². The first-order valence-electron chi connectivity index (χ1n) is 8.24. The van der Waals surface area contributed by atoms with E-state index < -0.39 is 28.7 Å². The third-order valence-corrected chi connectivity index (χ3v) is 5.46. The molecule has 1 N–H and O–H groups in total. The van der Waals surface area contributed by atoms with Crippen LogP contribution in [0.2, 0.25) is 0 Å². The Morgan fingerprint density at radius 1 is 1.14 bits per heavy atom. The van der Waals surface area contributed by atoms with Crippen molar-refractivity contribution >= 4 is 44.6 Å². The van der Waals surface area contributed by atoms with Gasteiger partial charge in [-0.2, -0.15) is 8.42 Å². The van der Waals surface area contributed by atoms with E-state index in [1.165, 1.54) is 12.1 Å². The second-order valence-corrected chi connectivity index (χ2v) is 8.98. The Kier molecular flexibility index (Phi) is 7.18. The van der Waals surface area contributed by atoms with Crippen molar-refractivity contribution in [1.82, 2.24) is 0 Å². The molecule has 2 aromatic carbocycles. The number of esters is 2. The van der Waals surface area contributed by atoms with Gasteiger partial charge in [0.1, 0.15) is 5.75 Å². The molecule has 0 fully saturated rings. The van der Waals surface area contributed by atoms with Crippen LogP contribution in [0.15, 0.2) is 41.3 Å². The van der Waals surface area contributed by atoms with Gasteiger partial charge in [0.2, 0.25) is 0 Å². The summed E-state index contributed by atoms with van der Waals surface area (Å²) in [7, 11) is -4.41. The van der Waals surface area contributed by atoms with Crippen LogP contribution >= 0.6 is 22.6 Å². The Morgan fingerprint density at radius 2 is 1.75 bits per heavy atom. The average Bonchev–Trinajstić information content (AvgIpc) is 2.60. The summed E-state index contributed by atoms with van der Waals surface area (Å²) in [5.41, 5.74) is 0.963. The Labute approximate surface area is 176 Å². The zero-order valence-electron chi connectivity index (χ0n) is 15.4. The molecule has 0 radical (unpaired) electrons. The fraction of sp³-hybridized carbons (Fsp3) is 0.263. The lowest BCUT2D eigenvalue weighted by molar-refractivity contribution is -0.137. The number of ether oxygens (including phenoxy) is 2. The van der Waals surface area contributed by atoms with Crippen LogP contribution in [0.5, 0.6) is 5.75 Å². The minimum Gasteiger partial charge on any atom is -0.450 e. The number of carbonyl (C=O) groups is 2. The number of rotatable bonds is 6. The van der Waals surface area contributed by atoms with Crippen LogP contribution in [0.1, 0.15) is 41.3 Å². The Bertz CT molecular complexity index is 996. The molecule has 0 aliphatic heterocycles. The second-order valence-electron chi connectivity index (χ2n) is 6.34. The van der Waals surface area contributed by atoms with E-state index in [4.69, 9.17) is 9.47 Å². The van der Waals surface area contributed by atoms with E-state index in [2.05, 4.69) is 22.6 Å². The second kappa shape index (κ2) is 9.01. The highest BCUT2D eigenvalue weighted by molar-refractivity contribution is 14.1. The van der Waals surface area contributed by atoms with Gasteiger partial charge in [-0.1, -0.05) is 13.8 Å². The monoisotopic (exact) mass is 518 g/mol. The van der Waals surface area contributed by atoms with Gasteiger partial charge >= 0.3 is 11.9 Å². The molecule has 2 aromatic rings. The smallest absolute Gasteiger partial charge is 0.349 e. The maximum Gasteiger partial charge on any atom is 0.349 e. The molecular formula is C19H19IO7S. The Morgan fingerprint density at radius 3 is 2.29 bits per heavy atom. The molecule has 0 saturated heterocycles. The number of benzene rings is 2. The van der Waals surface area contributed by atoms with Gasteiger partial charge in [0, 0.05) is 3.57 Å². The van der Waals surface area contributed by atoms with Crippen LogP contribution in [0, 0.1) is 10.5 Å². The van der Waals surface area contributed by atoms with Gasteiger partial charge in [0.05, 0.1) is 10.5 Å². The molecular weight excluding hydrogens is 499 g/mol. The first-order valence-corrected chi connectivity index (χ1v) is 10.8. The minimum absolute atomic E-state index is 0.131. The number of hydrogen-bond donors (Lipinski definition) is 1. The summed E-state index contributed by atoms with van der Waals surface area (Å²) < 4.78 is 43.6. The van der Waals surface area contributed by atoms with Crippen LogP contribution in [0.4, 0.5) is 0 Å². The molecule has 0 aliphatic rings.